The van der Waals surface area contributed by atoms with E-state index >= 15 is 0 Å². The molecule has 0 amide bonds. The summed E-state index contributed by atoms with van der Waals surface area (Å²) >= 11 is 0. The molecule has 3 aromatic rings. The lowest BCUT2D eigenvalue weighted by molar-refractivity contribution is -0.142. The topological polar surface area (TPSA) is 88.1 Å². The quantitative estimate of drug-likeness (QED) is 0.738. The number of H-pyrrole nitrogens is 1. The van der Waals surface area contributed by atoms with Gasteiger partial charge in [-0.3, -0.25) is 14.9 Å². The molecule has 0 aliphatic heterocycles. The number of rotatable bonds is 5. The minimum Gasteiger partial charge on any atom is -0.487 e. The van der Waals surface area contributed by atoms with Crippen LogP contribution in [0.1, 0.15) is 23.1 Å². The van der Waals surface area contributed by atoms with Crippen molar-refractivity contribution in [1.82, 2.24) is 15.2 Å². The molecule has 6 nitrogen and oxygen atoms in total. The van der Waals surface area contributed by atoms with Gasteiger partial charge in [0.1, 0.15) is 12.4 Å². The maximum absolute atomic E-state index is 11.2. The number of fused-ring (bicyclic) bond motifs is 1. The van der Waals surface area contributed by atoms with Gasteiger partial charge in [-0.1, -0.05) is 18.2 Å². The first-order chi connectivity index (χ1) is 12.7. The number of carboxylic acid groups (broad SMARTS) is 1. The number of hydrogen-bond acceptors (Lipinski definition) is 4. The molecule has 0 fully saturated rings. The highest BCUT2D eigenvalue weighted by Gasteiger charge is 2.24. The Morgan fingerprint density at radius 2 is 2.15 bits per heavy atom. The number of aromatic amines is 1. The van der Waals surface area contributed by atoms with E-state index in [4.69, 9.17) is 4.74 Å². The van der Waals surface area contributed by atoms with Crippen LogP contribution in [0, 0.1) is 5.92 Å². The number of hydrogen-bond donors (Lipinski definition) is 2. The van der Waals surface area contributed by atoms with Gasteiger partial charge in [0.2, 0.25) is 0 Å². The number of pyridine rings is 1. The first kappa shape index (κ1) is 16.3. The molecule has 4 rings (SSSR count). The molecule has 1 aliphatic carbocycles. The Hall–Kier alpha value is -3.15. The second-order valence-corrected chi connectivity index (χ2v) is 6.52. The fourth-order valence-electron chi connectivity index (χ4n) is 3.30. The van der Waals surface area contributed by atoms with Crippen LogP contribution in [0.25, 0.3) is 11.4 Å². The summed E-state index contributed by atoms with van der Waals surface area (Å²) in [4.78, 5) is 15.6. The fraction of sp³-hybridized carbons (Fsp3) is 0.250. The highest BCUT2D eigenvalue weighted by molar-refractivity contribution is 5.71. The van der Waals surface area contributed by atoms with Gasteiger partial charge >= 0.3 is 5.97 Å². The molecule has 0 radical (unpaired) electrons. The Bertz CT molecular complexity index is 905. The van der Waals surface area contributed by atoms with Crippen LogP contribution in [0.5, 0.6) is 5.75 Å². The number of aryl methyl sites for hydroxylation is 1. The number of ether oxygens (including phenoxy) is 1. The van der Waals surface area contributed by atoms with E-state index in [1.54, 1.807) is 12.4 Å². The number of aromatic nitrogens is 3. The lowest BCUT2D eigenvalue weighted by Gasteiger charge is -2.22. The number of nitrogens with one attached hydrogen (secondary N) is 1. The van der Waals surface area contributed by atoms with Crippen molar-refractivity contribution in [3.8, 4) is 17.1 Å². The molecule has 2 N–H and O–H groups in total. The van der Waals surface area contributed by atoms with E-state index in [2.05, 4.69) is 27.3 Å². The molecule has 26 heavy (non-hydrogen) atoms. The summed E-state index contributed by atoms with van der Waals surface area (Å²) in [5.74, 6) is -0.298. The molecule has 132 valence electrons. The molecule has 0 saturated carbocycles. The predicted molar refractivity (Wildman–Crippen MR) is 95.7 cm³/mol. The number of nitrogens with zero attached hydrogens (tertiary/aromatic N) is 2. The van der Waals surface area contributed by atoms with Gasteiger partial charge in [0.25, 0.3) is 0 Å². The molecule has 1 aromatic carbocycles. The fourth-order valence-corrected chi connectivity index (χ4v) is 3.30. The summed E-state index contributed by atoms with van der Waals surface area (Å²) in [6, 6.07) is 11.8. The zero-order chi connectivity index (χ0) is 17.9. The van der Waals surface area contributed by atoms with E-state index in [0.717, 1.165) is 28.9 Å². The van der Waals surface area contributed by atoms with E-state index < -0.39 is 5.97 Å². The summed E-state index contributed by atoms with van der Waals surface area (Å²) in [5.41, 5.74) is 5.07. The van der Waals surface area contributed by atoms with Crippen molar-refractivity contribution >= 4 is 5.97 Å². The number of carbonyl (C=O) groups is 1. The second-order valence-electron chi connectivity index (χ2n) is 6.52. The SMILES string of the molecule is O=C(O)[C@H]1CCc2ccc(COc3ccc(-c4ccn[nH]4)nc3)cc2C1. The maximum Gasteiger partial charge on any atom is 0.306 e. The van der Waals surface area contributed by atoms with Crippen molar-refractivity contribution < 1.29 is 14.6 Å². The first-order valence-corrected chi connectivity index (χ1v) is 8.61. The summed E-state index contributed by atoms with van der Waals surface area (Å²) in [6.45, 7) is 0.427. The van der Waals surface area contributed by atoms with Crippen LogP contribution >= 0.6 is 0 Å². The van der Waals surface area contributed by atoms with Crippen LogP contribution in [0.4, 0.5) is 0 Å². The van der Waals surface area contributed by atoms with Gasteiger partial charge in [-0.25, -0.2) is 0 Å². The van der Waals surface area contributed by atoms with Gasteiger partial charge in [0, 0.05) is 6.20 Å². The number of carboxylic acids is 1. The van der Waals surface area contributed by atoms with Gasteiger partial charge in [-0.05, 0) is 54.2 Å². The number of aliphatic carboxylic acids is 1. The van der Waals surface area contributed by atoms with Crippen LogP contribution in [0.15, 0.2) is 48.8 Å². The molecule has 2 aromatic heterocycles. The summed E-state index contributed by atoms with van der Waals surface area (Å²) < 4.78 is 5.83. The summed E-state index contributed by atoms with van der Waals surface area (Å²) in [5, 5.41) is 16.0. The van der Waals surface area contributed by atoms with Gasteiger partial charge in [-0.15, -0.1) is 0 Å². The zero-order valence-electron chi connectivity index (χ0n) is 14.2. The molecule has 0 saturated heterocycles. The lowest BCUT2D eigenvalue weighted by atomic mass is 9.83. The zero-order valence-corrected chi connectivity index (χ0v) is 14.2. The molecule has 1 aliphatic rings. The first-order valence-electron chi connectivity index (χ1n) is 8.61. The van der Waals surface area contributed by atoms with Crippen molar-refractivity contribution in [3.05, 3.63) is 65.5 Å². The van der Waals surface area contributed by atoms with Crippen molar-refractivity contribution in [1.29, 1.82) is 0 Å². The third kappa shape index (κ3) is 3.44. The highest BCUT2D eigenvalue weighted by Crippen LogP contribution is 2.27. The minimum atomic E-state index is -0.708. The molecule has 1 atom stereocenters. The van der Waals surface area contributed by atoms with Crippen molar-refractivity contribution in [3.63, 3.8) is 0 Å². The van der Waals surface area contributed by atoms with Gasteiger partial charge in [-0.2, -0.15) is 5.10 Å². The lowest BCUT2D eigenvalue weighted by Crippen LogP contribution is -2.22. The van der Waals surface area contributed by atoms with Crippen LogP contribution in [0.2, 0.25) is 0 Å². The standard InChI is InChI=1S/C20H19N3O3/c24-20(25)15-4-3-14-2-1-13(9-16(14)10-15)12-26-17-5-6-18(21-11-17)19-7-8-22-23-19/h1-2,5-9,11,15H,3-4,10,12H2,(H,22,23)(H,24,25)/t15-/m0/s1. The predicted octanol–water partition coefficient (Wildman–Crippen LogP) is 3.24. The van der Waals surface area contributed by atoms with Crippen LogP contribution in [0.3, 0.4) is 0 Å². The van der Waals surface area contributed by atoms with Gasteiger partial charge in [0.05, 0.1) is 23.5 Å². The average Bonchev–Trinajstić information content (AvgIpc) is 3.21. The molecule has 0 bridgehead atoms. The minimum absolute atomic E-state index is 0.280. The molecule has 6 heteroatoms. The third-order valence-corrected chi connectivity index (χ3v) is 4.77. The van der Waals surface area contributed by atoms with Gasteiger partial charge < -0.3 is 9.84 Å². The van der Waals surface area contributed by atoms with E-state index in [1.165, 1.54) is 5.56 Å². The average molecular weight is 349 g/mol. The van der Waals surface area contributed by atoms with Crippen LogP contribution < -0.4 is 4.74 Å². The van der Waals surface area contributed by atoms with E-state index in [9.17, 15) is 9.90 Å². The highest BCUT2D eigenvalue weighted by atomic mass is 16.5. The Morgan fingerprint density at radius 3 is 2.88 bits per heavy atom. The Labute approximate surface area is 150 Å². The Balaban J connectivity index is 1.42. The van der Waals surface area contributed by atoms with Crippen molar-refractivity contribution in [2.24, 2.45) is 5.92 Å². The van der Waals surface area contributed by atoms with Crippen LogP contribution in [-0.2, 0) is 24.2 Å². The summed E-state index contributed by atoms with van der Waals surface area (Å²) in [7, 11) is 0. The monoisotopic (exact) mass is 349 g/mol. The smallest absolute Gasteiger partial charge is 0.306 e. The van der Waals surface area contributed by atoms with E-state index in [1.807, 2.05) is 24.3 Å². The largest absolute Gasteiger partial charge is 0.487 e. The molecule has 0 unspecified atom stereocenters. The molecule has 2 heterocycles. The van der Waals surface area contributed by atoms with Crippen molar-refractivity contribution in [2.45, 2.75) is 25.9 Å². The third-order valence-electron chi connectivity index (χ3n) is 4.77. The van der Waals surface area contributed by atoms with Crippen LogP contribution in [-0.4, -0.2) is 26.3 Å². The second kappa shape index (κ2) is 7.00. The maximum atomic E-state index is 11.2. The summed E-state index contributed by atoms with van der Waals surface area (Å²) in [6.07, 6.45) is 5.51. The normalized spacial score (nSPS) is 16.1. The number of benzene rings is 1. The molecular weight excluding hydrogens is 330 g/mol. The molecule has 0 spiro atoms. The van der Waals surface area contributed by atoms with Gasteiger partial charge in [0.15, 0.2) is 0 Å². The van der Waals surface area contributed by atoms with Crippen molar-refractivity contribution in [2.75, 3.05) is 0 Å². The molecular formula is C20H19N3O3. The van der Waals surface area contributed by atoms with E-state index in [0.29, 0.717) is 25.2 Å². The Kier molecular flexibility index (Phi) is 4.39. The van der Waals surface area contributed by atoms with E-state index in [-0.39, 0.29) is 5.92 Å². The Morgan fingerprint density at radius 1 is 1.23 bits per heavy atom.